The molecule has 0 aliphatic carbocycles. The third-order valence-corrected chi connectivity index (χ3v) is 2.45. The summed E-state index contributed by atoms with van der Waals surface area (Å²) in [6.45, 7) is 4.51. The maximum absolute atomic E-state index is 10.9. The van der Waals surface area contributed by atoms with Gasteiger partial charge in [0.1, 0.15) is 0 Å². The van der Waals surface area contributed by atoms with Gasteiger partial charge in [-0.25, -0.2) is 0 Å². The number of hydrogen-bond acceptors (Lipinski definition) is 5. The Bertz CT molecular complexity index is 548. The van der Waals surface area contributed by atoms with E-state index in [-0.39, 0.29) is 5.91 Å². The number of hydrogen-bond donors (Lipinski definition) is 2. The van der Waals surface area contributed by atoms with E-state index in [1.807, 2.05) is 24.3 Å². The Morgan fingerprint density at radius 1 is 1.26 bits per heavy atom. The van der Waals surface area contributed by atoms with E-state index in [0.717, 1.165) is 11.3 Å². The van der Waals surface area contributed by atoms with Gasteiger partial charge in [0, 0.05) is 19.2 Å². The molecule has 0 unspecified atom stereocenters. The van der Waals surface area contributed by atoms with Crippen molar-refractivity contribution in [2.45, 2.75) is 26.9 Å². The number of nitrogens with zero attached hydrogens (tertiary/aromatic N) is 2. The van der Waals surface area contributed by atoms with Crippen LogP contribution in [0.3, 0.4) is 0 Å². The molecule has 2 N–H and O–H groups in total. The summed E-state index contributed by atoms with van der Waals surface area (Å²) < 4.78 is 4.99. The first-order valence-corrected chi connectivity index (χ1v) is 6.00. The second kappa shape index (κ2) is 6.10. The molecule has 6 nitrogen and oxygen atoms in total. The SMILES string of the molecule is CC(=O)Nc1ccc(CNCc2nc(C)no2)cc1. The van der Waals surface area contributed by atoms with Gasteiger partial charge in [-0.1, -0.05) is 17.3 Å². The molecule has 1 heterocycles. The molecule has 19 heavy (non-hydrogen) atoms. The van der Waals surface area contributed by atoms with Gasteiger partial charge in [-0.15, -0.1) is 0 Å². The lowest BCUT2D eigenvalue weighted by Gasteiger charge is -2.05. The van der Waals surface area contributed by atoms with Crippen molar-refractivity contribution in [2.75, 3.05) is 5.32 Å². The molecule has 6 heteroatoms. The first-order chi connectivity index (χ1) is 9.13. The molecule has 2 aromatic rings. The summed E-state index contributed by atoms with van der Waals surface area (Å²) in [6.07, 6.45) is 0. The van der Waals surface area contributed by atoms with E-state index in [4.69, 9.17) is 4.52 Å². The Morgan fingerprint density at radius 3 is 2.58 bits per heavy atom. The standard InChI is InChI=1S/C13H16N4O2/c1-9-15-13(19-17-9)8-14-7-11-3-5-12(6-4-11)16-10(2)18/h3-6,14H,7-8H2,1-2H3,(H,16,18). The summed E-state index contributed by atoms with van der Waals surface area (Å²) in [6, 6.07) is 7.65. The second-order valence-corrected chi connectivity index (χ2v) is 4.22. The molecule has 0 aliphatic heterocycles. The molecule has 1 aromatic carbocycles. The molecule has 0 fully saturated rings. The van der Waals surface area contributed by atoms with Crippen LogP contribution in [0.1, 0.15) is 24.2 Å². The minimum absolute atomic E-state index is 0.0716. The Balaban J connectivity index is 1.81. The summed E-state index contributed by atoms with van der Waals surface area (Å²) in [4.78, 5) is 15.0. The molecule has 0 saturated heterocycles. The van der Waals surface area contributed by atoms with Crippen molar-refractivity contribution in [3.05, 3.63) is 41.5 Å². The van der Waals surface area contributed by atoms with Crippen LogP contribution in [-0.2, 0) is 17.9 Å². The van der Waals surface area contributed by atoms with Gasteiger partial charge >= 0.3 is 0 Å². The Morgan fingerprint density at radius 2 is 2.00 bits per heavy atom. The highest BCUT2D eigenvalue weighted by Crippen LogP contribution is 2.09. The third-order valence-electron chi connectivity index (χ3n) is 2.45. The zero-order chi connectivity index (χ0) is 13.7. The lowest BCUT2D eigenvalue weighted by molar-refractivity contribution is -0.114. The summed E-state index contributed by atoms with van der Waals surface area (Å²) in [7, 11) is 0. The largest absolute Gasteiger partial charge is 0.338 e. The molecule has 0 saturated carbocycles. The monoisotopic (exact) mass is 260 g/mol. The van der Waals surface area contributed by atoms with E-state index < -0.39 is 0 Å². The third kappa shape index (κ3) is 4.18. The number of carbonyl (C=O) groups is 1. The highest BCUT2D eigenvalue weighted by Gasteiger charge is 2.02. The van der Waals surface area contributed by atoms with E-state index >= 15 is 0 Å². The van der Waals surface area contributed by atoms with Crippen molar-refractivity contribution in [3.63, 3.8) is 0 Å². The fraction of sp³-hybridized carbons (Fsp3) is 0.308. The van der Waals surface area contributed by atoms with Crippen LogP contribution in [0.15, 0.2) is 28.8 Å². The van der Waals surface area contributed by atoms with Crippen molar-refractivity contribution in [1.29, 1.82) is 0 Å². The summed E-state index contributed by atoms with van der Waals surface area (Å²) in [5, 5.41) is 9.65. The Kier molecular flexibility index (Phi) is 4.25. The van der Waals surface area contributed by atoms with Crippen LogP contribution in [0.25, 0.3) is 0 Å². The van der Waals surface area contributed by atoms with Gasteiger partial charge in [0.25, 0.3) is 0 Å². The van der Waals surface area contributed by atoms with E-state index in [1.165, 1.54) is 6.92 Å². The van der Waals surface area contributed by atoms with Crippen molar-refractivity contribution in [1.82, 2.24) is 15.5 Å². The van der Waals surface area contributed by atoms with Gasteiger partial charge in [0.15, 0.2) is 5.82 Å². The number of carbonyl (C=O) groups excluding carboxylic acids is 1. The number of anilines is 1. The smallest absolute Gasteiger partial charge is 0.240 e. The second-order valence-electron chi connectivity index (χ2n) is 4.22. The molecule has 0 spiro atoms. The van der Waals surface area contributed by atoms with Gasteiger partial charge in [-0.3, -0.25) is 4.79 Å². The first-order valence-electron chi connectivity index (χ1n) is 6.00. The van der Waals surface area contributed by atoms with E-state index in [9.17, 15) is 4.79 Å². The highest BCUT2D eigenvalue weighted by atomic mass is 16.5. The molecule has 100 valence electrons. The van der Waals surface area contributed by atoms with Crippen LogP contribution >= 0.6 is 0 Å². The highest BCUT2D eigenvalue weighted by molar-refractivity contribution is 5.88. The van der Waals surface area contributed by atoms with E-state index in [2.05, 4.69) is 20.8 Å². The molecule has 1 amide bonds. The Hall–Kier alpha value is -2.21. The molecular weight excluding hydrogens is 244 g/mol. The first kappa shape index (κ1) is 13.2. The molecule has 0 bridgehead atoms. The fourth-order valence-electron chi connectivity index (χ4n) is 1.63. The van der Waals surface area contributed by atoms with Gasteiger partial charge in [0.2, 0.25) is 11.8 Å². The maximum Gasteiger partial charge on any atom is 0.240 e. The number of benzene rings is 1. The van der Waals surface area contributed by atoms with Gasteiger partial charge in [0.05, 0.1) is 6.54 Å². The van der Waals surface area contributed by atoms with Crippen molar-refractivity contribution >= 4 is 11.6 Å². The molecule has 0 atom stereocenters. The summed E-state index contributed by atoms with van der Waals surface area (Å²) >= 11 is 0. The molecule has 2 rings (SSSR count). The average molecular weight is 260 g/mol. The Labute approximate surface area is 111 Å². The van der Waals surface area contributed by atoms with Crippen molar-refractivity contribution < 1.29 is 9.32 Å². The predicted molar refractivity (Wildman–Crippen MR) is 70.3 cm³/mol. The minimum Gasteiger partial charge on any atom is -0.338 e. The van der Waals surface area contributed by atoms with Crippen molar-refractivity contribution in [2.24, 2.45) is 0 Å². The number of nitrogens with one attached hydrogen (secondary N) is 2. The fourth-order valence-corrected chi connectivity index (χ4v) is 1.63. The van der Waals surface area contributed by atoms with Gasteiger partial charge in [-0.2, -0.15) is 4.98 Å². The molecule has 0 aliphatic rings. The van der Waals surface area contributed by atoms with Crippen LogP contribution in [0, 0.1) is 6.92 Å². The van der Waals surface area contributed by atoms with Crippen molar-refractivity contribution in [3.8, 4) is 0 Å². The van der Waals surface area contributed by atoms with E-state index in [1.54, 1.807) is 6.92 Å². The number of aromatic nitrogens is 2. The van der Waals surface area contributed by atoms with Gasteiger partial charge in [-0.05, 0) is 24.6 Å². The van der Waals surface area contributed by atoms with Crippen LogP contribution in [-0.4, -0.2) is 16.0 Å². The van der Waals surface area contributed by atoms with Gasteiger partial charge < -0.3 is 15.2 Å². The zero-order valence-electron chi connectivity index (χ0n) is 10.9. The number of aryl methyl sites for hydroxylation is 1. The van der Waals surface area contributed by atoms with Crippen LogP contribution < -0.4 is 10.6 Å². The van der Waals surface area contributed by atoms with E-state index in [0.29, 0.717) is 24.8 Å². The quantitative estimate of drug-likeness (QED) is 0.854. The topological polar surface area (TPSA) is 80.0 Å². The number of rotatable bonds is 5. The average Bonchev–Trinajstić information content (AvgIpc) is 2.77. The molecular formula is C13H16N4O2. The molecule has 0 radical (unpaired) electrons. The molecule has 1 aromatic heterocycles. The lowest BCUT2D eigenvalue weighted by atomic mass is 10.2. The summed E-state index contributed by atoms with van der Waals surface area (Å²) in [5.74, 6) is 1.14. The normalized spacial score (nSPS) is 10.4. The van der Waals surface area contributed by atoms with Crippen LogP contribution in [0.2, 0.25) is 0 Å². The minimum atomic E-state index is -0.0716. The zero-order valence-corrected chi connectivity index (χ0v) is 10.9. The van der Waals surface area contributed by atoms with Crippen LogP contribution in [0.4, 0.5) is 5.69 Å². The number of amides is 1. The summed E-state index contributed by atoms with van der Waals surface area (Å²) in [5.41, 5.74) is 1.91. The van der Waals surface area contributed by atoms with Crippen LogP contribution in [0.5, 0.6) is 0 Å². The lowest BCUT2D eigenvalue weighted by Crippen LogP contribution is -2.13. The predicted octanol–water partition coefficient (Wildman–Crippen LogP) is 1.63. The maximum atomic E-state index is 10.9.